The molecule has 0 bridgehead atoms. The van der Waals surface area contributed by atoms with Crippen molar-refractivity contribution < 1.29 is 9.53 Å². The zero-order valence-corrected chi connectivity index (χ0v) is 14.5. The molecule has 2 aromatic rings. The van der Waals surface area contributed by atoms with Crippen molar-refractivity contribution in [3.63, 3.8) is 0 Å². The van der Waals surface area contributed by atoms with E-state index in [1.165, 1.54) is 0 Å². The number of hydrogen-bond acceptors (Lipinski definition) is 3. The highest BCUT2D eigenvalue weighted by atomic mass is 35.5. The van der Waals surface area contributed by atoms with E-state index in [1.54, 1.807) is 37.3 Å². The molecule has 0 unspecified atom stereocenters. The Labute approximate surface area is 147 Å². The van der Waals surface area contributed by atoms with Gasteiger partial charge in [-0.05, 0) is 23.8 Å². The normalized spacial score (nSPS) is 11.4. The third-order valence-corrected chi connectivity index (χ3v) is 4.06. The van der Waals surface area contributed by atoms with E-state index in [0.717, 1.165) is 11.1 Å². The van der Waals surface area contributed by atoms with Gasteiger partial charge in [-0.25, -0.2) is 0 Å². The summed E-state index contributed by atoms with van der Waals surface area (Å²) in [7, 11) is 3.30. The van der Waals surface area contributed by atoms with Gasteiger partial charge in [0, 0.05) is 24.2 Å². The molecule has 0 saturated carbocycles. The lowest BCUT2D eigenvalue weighted by atomic mass is 9.95. The highest BCUT2D eigenvalue weighted by Gasteiger charge is 2.24. The number of halogens is 1. The standard InChI is InChI=1S/C19H19ClN2O2/c1-22(13-15-12-16(20)8-9-18(15)24-2)19(23)17(10-11-21)14-6-4-3-5-7-14/h3-9,12,17H,10,13H2,1-2H3/t17-/m1/s1. The summed E-state index contributed by atoms with van der Waals surface area (Å²) in [6, 6.07) is 16.8. The van der Waals surface area contributed by atoms with E-state index >= 15 is 0 Å². The second kappa shape index (κ2) is 8.37. The van der Waals surface area contributed by atoms with Crippen LogP contribution in [0.5, 0.6) is 5.75 Å². The summed E-state index contributed by atoms with van der Waals surface area (Å²) in [6.45, 7) is 0.358. The first-order valence-corrected chi connectivity index (χ1v) is 7.94. The molecule has 0 heterocycles. The molecule has 5 heteroatoms. The zero-order valence-electron chi connectivity index (χ0n) is 13.7. The van der Waals surface area contributed by atoms with E-state index < -0.39 is 5.92 Å². The Morgan fingerprint density at radius 1 is 1.29 bits per heavy atom. The summed E-state index contributed by atoms with van der Waals surface area (Å²) in [6.07, 6.45) is 0.139. The minimum atomic E-state index is -0.480. The van der Waals surface area contributed by atoms with Crippen LogP contribution in [-0.4, -0.2) is 25.0 Å². The minimum Gasteiger partial charge on any atom is -0.496 e. The third-order valence-electron chi connectivity index (χ3n) is 3.82. The number of benzene rings is 2. The van der Waals surface area contributed by atoms with Crippen molar-refractivity contribution in [1.82, 2.24) is 4.90 Å². The zero-order chi connectivity index (χ0) is 17.5. The highest BCUT2D eigenvalue weighted by Crippen LogP contribution is 2.26. The fourth-order valence-electron chi connectivity index (χ4n) is 2.59. The molecule has 0 N–H and O–H groups in total. The van der Waals surface area contributed by atoms with Crippen LogP contribution in [0.1, 0.15) is 23.5 Å². The lowest BCUT2D eigenvalue weighted by Gasteiger charge is -2.23. The van der Waals surface area contributed by atoms with Crippen LogP contribution < -0.4 is 4.74 Å². The van der Waals surface area contributed by atoms with Crippen LogP contribution in [0.15, 0.2) is 48.5 Å². The first-order valence-electron chi connectivity index (χ1n) is 7.56. The van der Waals surface area contributed by atoms with Crippen molar-refractivity contribution in [2.75, 3.05) is 14.2 Å². The SMILES string of the molecule is COc1ccc(Cl)cc1CN(C)C(=O)[C@H](CC#N)c1ccccc1. The first kappa shape index (κ1) is 17.8. The van der Waals surface area contributed by atoms with Gasteiger partial charge in [0.1, 0.15) is 5.75 Å². The van der Waals surface area contributed by atoms with E-state index in [9.17, 15) is 4.79 Å². The number of methoxy groups -OCH3 is 1. The van der Waals surface area contributed by atoms with Gasteiger partial charge in [-0.2, -0.15) is 5.26 Å². The lowest BCUT2D eigenvalue weighted by Crippen LogP contribution is -2.31. The largest absolute Gasteiger partial charge is 0.496 e. The van der Waals surface area contributed by atoms with E-state index in [1.807, 2.05) is 30.3 Å². The highest BCUT2D eigenvalue weighted by molar-refractivity contribution is 6.30. The molecular weight excluding hydrogens is 324 g/mol. The predicted molar refractivity (Wildman–Crippen MR) is 93.9 cm³/mol. The Hall–Kier alpha value is -2.51. The number of carbonyl (C=O) groups is 1. The summed E-state index contributed by atoms with van der Waals surface area (Å²) in [5.41, 5.74) is 1.67. The molecule has 2 aromatic carbocycles. The second-order valence-electron chi connectivity index (χ2n) is 5.48. The molecule has 0 aliphatic rings. The predicted octanol–water partition coefficient (Wildman–Crippen LogP) is 4.00. The van der Waals surface area contributed by atoms with Gasteiger partial charge in [0.15, 0.2) is 0 Å². The van der Waals surface area contributed by atoms with Gasteiger partial charge < -0.3 is 9.64 Å². The Morgan fingerprint density at radius 2 is 2.00 bits per heavy atom. The Bertz CT molecular complexity index is 741. The molecule has 0 aliphatic heterocycles. The van der Waals surface area contributed by atoms with Crippen LogP contribution in [0.2, 0.25) is 5.02 Å². The van der Waals surface area contributed by atoms with Gasteiger partial charge in [-0.15, -0.1) is 0 Å². The van der Waals surface area contributed by atoms with Gasteiger partial charge in [-0.3, -0.25) is 4.79 Å². The van der Waals surface area contributed by atoms with Gasteiger partial charge >= 0.3 is 0 Å². The van der Waals surface area contributed by atoms with Crippen molar-refractivity contribution in [3.05, 3.63) is 64.7 Å². The number of hydrogen-bond donors (Lipinski definition) is 0. The smallest absolute Gasteiger partial charge is 0.231 e. The van der Waals surface area contributed by atoms with E-state index in [2.05, 4.69) is 6.07 Å². The fourth-order valence-corrected chi connectivity index (χ4v) is 2.79. The molecule has 124 valence electrons. The molecular formula is C19H19ClN2O2. The molecule has 0 radical (unpaired) electrons. The van der Waals surface area contributed by atoms with Crippen molar-refractivity contribution >= 4 is 17.5 Å². The number of carbonyl (C=O) groups excluding carboxylic acids is 1. The molecule has 0 spiro atoms. The van der Waals surface area contributed by atoms with E-state index in [4.69, 9.17) is 21.6 Å². The quantitative estimate of drug-likeness (QED) is 0.797. The molecule has 2 rings (SSSR count). The Balaban J connectivity index is 2.21. The second-order valence-corrected chi connectivity index (χ2v) is 5.91. The van der Waals surface area contributed by atoms with E-state index in [-0.39, 0.29) is 12.3 Å². The van der Waals surface area contributed by atoms with Crippen LogP contribution >= 0.6 is 11.6 Å². The molecule has 4 nitrogen and oxygen atoms in total. The number of amides is 1. The lowest BCUT2D eigenvalue weighted by molar-refractivity contribution is -0.132. The number of likely N-dealkylation sites (N-methyl/N-ethyl adjacent to an activating group) is 1. The first-order chi connectivity index (χ1) is 11.6. The number of ether oxygens (including phenoxy) is 1. The average molecular weight is 343 g/mol. The third kappa shape index (κ3) is 4.27. The minimum absolute atomic E-state index is 0.107. The summed E-state index contributed by atoms with van der Waals surface area (Å²) in [5.74, 6) is 0.0896. The topological polar surface area (TPSA) is 53.3 Å². The van der Waals surface area contributed by atoms with Crippen LogP contribution in [0.25, 0.3) is 0 Å². The summed E-state index contributed by atoms with van der Waals surface area (Å²) in [4.78, 5) is 14.4. The molecule has 0 fully saturated rings. The van der Waals surface area contributed by atoms with Crippen molar-refractivity contribution in [2.45, 2.75) is 18.9 Å². The van der Waals surface area contributed by atoms with Crippen LogP contribution in [-0.2, 0) is 11.3 Å². The number of nitrogens with zero attached hydrogens (tertiary/aromatic N) is 2. The molecule has 0 aromatic heterocycles. The average Bonchev–Trinajstić information content (AvgIpc) is 2.60. The number of rotatable bonds is 6. The Kier molecular flexibility index (Phi) is 6.22. The molecule has 0 aliphatic carbocycles. The monoisotopic (exact) mass is 342 g/mol. The Morgan fingerprint density at radius 3 is 2.62 bits per heavy atom. The van der Waals surface area contributed by atoms with Gasteiger partial charge in [-0.1, -0.05) is 41.9 Å². The van der Waals surface area contributed by atoms with Gasteiger partial charge in [0.05, 0.1) is 25.5 Å². The van der Waals surface area contributed by atoms with Gasteiger partial charge in [0.2, 0.25) is 5.91 Å². The molecule has 0 saturated heterocycles. The van der Waals surface area contributed by atoms with Crippen LogP contribution in [0, 0.1) is 11.3 Å². The summed E-state index contributed by atoms with van der Waals surface area (Å²) >= 11 is 6.04. The van der Waals surface area contributed by atoms with Gasteiger partial charge in [0.25, 0.3) is 0 Å². The van der Waals surface area contributed by atoms with Crippen LogP contribution in [0.3, 0.4) is 0 Å². The van der Waals surface area contributed by atoms with Crippen molar-refractivity contribution in [1.29, 1.82) is 5.26 Å². The molecule has 1 amide bonds. The number of nitriles is 1. The summed E-state index contributed by atoms with van der Waals surface area (Å²) in [5, 5.41) is 9.67. The summed E-state index contributed by atoms with van der Waals surface area (Å²) < 4.78 is 5.32. The van der Waals surface area contributed by atoms with Crippen LogP contribution in [0.4, 0.5) is 0 Å². The van der Waals surface area contributed by atoms with Crippen molar-refractivity contribution in [2.24, 2.45) is 0 Å². The van der Waals surface area contributed by atoms with Crippen molar-refractivity contribution in [3.8, 4) is 11.8 Å². The fraction of sp³-hybridized carbons (Fsp3) is 0.263. The maximum Gasteiger partial charge on any atom is 0.231 e. The maximum atomic E-state index is 12.8. The molecule has 1 atom stereocenters. The maximum absolute atomic E-state index is 12.8. The molecule has 24 heavy (non-hydrogen) atoms. The van der Waals surface area contributed by atoms with E-state index in [0.29, 0.717) is 17.3 Å².